The number of halogens is 4. The molecule has 0 radical (unpaired) electrons. The van der Waals surface area contributed by atoms with Gasteiger partial charge in [-0.15, -0.1) is 0 Å². The second-order valence-corrected chi connectivity index (χ2v) is 6.62. The van der Waals surface area contributed by atoms with E-state index in [-0.39, 0.29) is 22.6 Å². The SMILES string of the molecule is COc1cc([C@@H]2NC(=O)N[C@@](O)(C(F)(F)F)[C@@H]2C(=O)c2ccc(F)cc2)ccc1O. The molecule has 0 bridgehead atoms. The molecule has 1 saturated heterocycles. The van der Waals surface area contributed by atoms with Crippen LogP contribution in [-0.2, 0) is 0 Å². The molecule has 0 aromatic heterocycles. The fraction of sp³-hybridized carbons (Fsp3) is 0.263. The van der Waals surface area contributed by atoms with Gasteiger partial charge in [-0.05, 0) is 42.0 Å². The topological polar surface area (TPSA) is 108 Å². The average molecular weight is 428 g/mol. The summed E-state index contributed by atoms with van der Waals surface area (Å²) >= 11 is 0. The third-order valence-corrected chi connectivity index (χ3v) is 4.78. The Hall–Kier alpha value is -3.34. The van der Waals surface area contributed by atoms with Crippen molar-refractivity contribution in [2.75, 3.05) is 7.11 Å². The van der Waals surface area contributed by atoms with E-state index in [4.69, 9.17) is 4.74 Å². The Morgan fingerprint density at radius 2 is 1.80 bits per heavy atom. The Balaban J connectivity index is 2.18. The smallest absolute Gasteiger partial charge is 0.437 e. The van der Waals surface area contributed by atoms with E-state index < -0.39 is 41.5 Å². The molecule has 3 rings (SSSR count). The van der Waals surface area contributed by atoms with E-state index in [2.05, 4.69) is 5.32 Å². The van der Waals surface area contributed by atoms with Gasteiger partial charge >= 0.3 is 12.2 Å². The van der Waals surface area contributed by atoms with Gasteiger partial charge in [0, 0.05) is 5.56 Å². The first-order valence-electron chi connectivity index (χ1n) is 8.52. The maximum absolute atomic E-state index is 13.8. The number of hydrogen-bond acceptors (Lipinski definition) is 5. The van der Waals surface area contributed by atoms with Gasteiger partial charge in [0.1, 0.15) is 11.7 Å². The molecule has 7 nitrogen and oxygen atoms in total. The highest BCUT2D eigenvalue weighted by Gasteiger charge is 2.66. The molecule has 1 fully saturated rings. The molecule has 30 heavy (non-hydrogen) atoms. The first-order chi connectivity index (χ1) is 14.0. The van der Waals surface area contributed by atoms with Crippen molar-refractivity contribution in [3.8, 4) is 11.5 Å². The Kier molecular flexibility index (Phi) is 5.33. The van der Waals surface area contributed by atoms with Gasteiger partial charge in [0.25, 0.3) is 0 Å². The minimum Gasteiger partial charge on any atom is -0.504 e. The quantitative estimate of drug-likeness (QED) is 0.443. The summed E-state index contributed by atoms with van der Waals surface area (Å²) in [6, 6.07) is 4.10. The van der Waals surface area contributed by atoms with Crippen LogP contribution < -0.4 is 15.4 Å². The standard InChI is InChI=1S/C19H16F4N2O5/c1-30-13-8-10(4-7-12(13)26)15-14(16(27)9-2-5-11(20)6-3-9)18(29,19(21,22)23)25-17(28)24-15/h2-8,14-15,26,29H,1H3,(H2,24,25,28)/t14-,15-,18-/m0/s1. The number of methoxy groups -OCH3 is 1. The Morgan fingerprint density at radius 1 is 1.17 bits per heavy atom. The molecule has 0 saturated carbocycles. The molecule has 0 unspecified atom stereocenters. The summed E-state index contributed by atoms with van der Waals surface area (Å²) in [5.74, 6) is -4.64. The minimum atomic E-state index is -5.43. The monoisotopic (exact) mass is 428 g/mol. The lowest BCUT2D eigenvalue weighted by Gasteiger charge is -2.45. The fourth-order valence-corrected chi connectivity index (χ4v) is 3.30. The number of carbonyl (C=O) groups excluding carboxylic acids is 2. The summed E-state index contributed by atoms with van der Waals surface area (Å²) in [7, 11) is 1.20. The number of benzene rings is 2. The van der Waals surface area contributed by atoms with Crippen molar-refractivity contribution in [3.05, 3.63) is 59.4 Å². The molecule has 11 heteroatoms. The summed E-state index contributed by atoms with van der Waals surface area (Å²) in [6.45, 7) is 0. The van der Waals surface area contributed by atoms with E-state index >= 15 is 0 Å². The first kappa shape index (κ1) is 21.4. The number of ether oxygens (including phenoxy) is 1. The van der Waals surface area contributed by atoms with Gasteiger partial charge in [0.05, 0.1) is 13.2 Å². The van der Waals surface area contributed by atoms with Gasteiger partial charge in [-0.3, -0.25) is 4.79 Å². The zero-order chi connectivity index (χ0) is 22.3. The largest absolute Gasteiger partial charge is 0.504 e. The van der Waals surface area contributed by atoms with E-state index in [1.54, 1.807) is 0 Å². The van der Waals surface area contributed by atoms with Gasteiger partial charge in [0.15, 0.2) is 17.3 Å². The molecule has 0 aliphatic carbocycles. The fourth-order valence-electron chi connectivity index (χ4n) is 3.30. The third kappa shape index (κ3) is 3.63. The molecule has 4 N–H and O–H groups in total. The minimum absolute atomic E-state index is 0.0392. The number of Topliss-reactive ketones (excluding diaryl/α,β-unsaturated/α-hetero) is 1. The van der Waals surface area contributed by atoms with E-state index in [0.29, 0.717) is 0 Å². The number of phenols is 1. The number of urea groups is 1. The Bertz CT molecular complexity index is 980. The number of amides is 2. The van der Waals surface area contributed by atoms with Crippen LogP contribution in [0, 0.1) is 11.7 Å². The van der Waals surface area contributed by atoms with Crippen LogP contribution in [0.4, 0.5) is 22.4 Å². The summed E-state index contributed by atoms with van der Waals surface area (Å²) in [6.07, 6.45) is -5.43. The van der Waals surface area contributed by atoms with Crippen molar-refractivity contribution in [3.63, 3.8) is 0 Å². The highest BCUT2D eigenvalue weighted by atomic mass is 19.4. The summed E-state index contributed by atoms with van der Waals surface area (Å²) in [5.41, 5.74) is -4.27. The molecule has 2 aromatic rings. The Labute approximate surface area is 167 Å². The van der Waals surface area contributed by atoms with Gasteiger partial charge in [-0.25, -0.2) is 9.18 Å². The van der Waals surface area contributed by atoms with E-state index in [9.17, 15) is 37.4 Å². The average Bonchev–Trinajstić information content (AvgIpc) is 2.67. The lowest BCUT2D eigenvalue weighted by molar-refractivity contribution is -0.287. The highest BCUT2D eigenvalue weighted by molar-refractivity contribution is 6.00. The van der Waals surface area contributed by atoms with Crippen LogP contribution in [0.3, 0.4) is 0 Å². The lowest BCUT2D eigenvalue weighted by Crippen LogP contribution is -2.72. The van der Waals surface area contributed by atoms with E-state index in [1.165, 1.54) is 18.5 Å². The van der Waals surface area contributed by atoms with Crippen LogP contribution in [0.1, 0.15) is 22.0 Å². The predicted octanol–water partition coefficient (Wildman–Crippen LogP) is 2.64. The van der Waals surface area contributed by atoms with Crippen molar-refractivity contribution in [1.29, 1.82) is 0 Å². The molecule has 160 valence electrons. The number of phenolic OH excluding ortho intramolecular Hbond substituents is 1. The summed E-state index contributed by atoms with van der Waals surface area (Å²) in [5, 5.41) is 23.8. The second kappa shape index (κ2) is 7.48. The maximum Gasteiger partial charge on any atom is 0.437 e. The molecule has 2 amide bonds. The number of rotatable bonds is 4. The molecule has 0 spiro atoms. The highest BCUT2D eigenvalue weighted by Crippen LogP contribution is 2.45. The number of carbonyl (C=O) groups is 2. The molecule has 1 aliphatic rings. The molecular formula is C19H16F4N2O5. The molecule has 1 heterocycles. The summed E-state index contributed by atoms with van der Waals surface area (Å²) < 4.78 is 59.6. The zero-order valence-electron chi connectivity index (χ0n) is 15.3. The number of aromatic hydroxyl groups is 1. The summed E-state index contributed by atoms with van der Waals surface area (Å²) in [4.78, 5) is 25.0. The van der Waals surface area contributed by atoms with Crippen LogP contribution in [0.15, 0.2) is 42.5 Å². The van der Waals surface area contributed by atoms with E-state index in [0.717, 1.165) is 36.4 Å². The first-order valence-corrected chi connectivity index (χ1v) is 8.52. The molecular weight excluding hydrogens is 412 g/mol. The number of aliphatic hydroxyl groups is 1. The number of ketones is 1. The van der Waals surface area contributed by atoms with Crippen LogP contribution in [0.25, 0.3) is 0 Å². The Morgan fingerprint density at radius 3 is 2.37 bits per heavy atom. The number of hydrogen-bond donors (Lipinski definition) is 4. The van der Waals surface area contributed by atoms with Crippen molar-refractivity contribution in [1.82, 2.24) is 10.6 Å². The maximum atomic E-state index is 13.8. The third-order valence-electron chi connectivity index (χ3n) is 4.78. The van der Waals surface area contributed by atoms with Crippen LogP contribution in [-0.4, -0.2) is 41.0 Å². The second-order valence-electron chi connectivity index (χ2n) is 6.62. The molecule has 3 atom stereocenters. The lowest BCUT2D eigenvalue weighted by atomic mass is 9.77. The van der Waals surface area contributed by atoms with E-state index in [1.807, 2.05) is 0 Å². The molecule has 2 aromatic carbocycles. The predicted molar refractivity (Wildman–Crippen MR) is 94.3 cm³/mol. The van der Waals surface area contributed by atoms with Gasteiger partial charge in [-0.1, -0.05) is 6.07 Å². The number of nitrogens with one attached hydrogen (secondary N) is 2. The van der Waals surface area contributed by atoms with Crippen molar-refractivity contribution in [2.24, 2.45) is 5.92 Å². The normalized spacial score (nSPS) is 24.0. The van der Waals surface area contributed by atoms with Crippen LogP contribution in [0.2, 0.25) is 0 Å². The molecule has 1 aliphatic heterocycles. The number of alkyl halides is 3. The van der Waals surface area contributed by atoms with Gasteiger partial charge in [-0.2, -0.15) is 13.2 Å². The van der Waals surface area contributed by atoms with Crippen LogP contribution >= 0.6 is 0 Å². The van der Waals surface area contributed by atoms with Crippen molar-refractivity contribution < 1.29 is 42.1 Å². The van der Waals surface area contributed by atoms with Gasteiger partial charge < -0.3 is 25.6 Å². The van der Waals surface area contributed by atoms with Crippen molar-refractivity contribution in [2.45, 2.75) is 17.9 Å². The van der Waals surface area contributed by atoms with Crippen molar-refractivity contribution >= 4 is 11.8 Å². The zero-order valence-corrected chi connectivity index (χ0v) is 15.3. The van der Waals surface area contributed by atoms with Crippen LogP contribution in [0.5, 0.6) is 11.5 Å². The van der Waals surface area contributed by atoms with Gasteiger partial charge in [0.2, 0.25) is 5.72 Å².